The van der Waals surface area contributed by atoms with E-state index >= 15 is 0 Å². The molecule has 0 aliphatic heterocycles. The van der Waals surface area contributed by atoms with Crippen LogP contribution in [0.1, 0.15) is 311 Å². The molecule has 0 aromatic heterocycles. The summed E-state index contributed by atoms with van der Waals surface area (Å²) >= 11 is 0. The minimum absolute atomic E-state index is 0.269. The third-order valence-corrected chi connectivity index (χ3v) is 11.5. The van der Waals surface area contributed by atoms with Gasteiger partial charge in [-0.3, -0.25) is 0 Å². The molecular weight excluding hydrogens is 733 g/mol. The van der Waals surface area contributed by atoms with Crippen LogP contribution < -0.4 is 0 Å². The van der Waals surface area contributed by atoms with Gasteiger partial charge in [0.25, 0.3) is 0 Å². The highest BCUT2D eigenvalue weighted by Crippen LogP contribution is 2.37. The van der Waals surface area contributed by atoms with Crippen LogP contribution in [0.25, 0.3) is 0 Å². The van der Waals surface area contributed by atoms with Gasteiger partial charge in [0, 0.05) is 7.11 Å². The van der Waals surface area contributed by atoms with Gasteiger partial charge in [0.1, 0.15) is 0 Å². The number of rotatable bonds is 18. The van der Waals surface area contributed by atoms with Gasteiger partial charge >= 0.3 is 0 Å². The van der Waals surface area contributed by atoms with Crippen molar-refractivity contribution < 1.29 is 14.9 Å². The molecule has 368 valence electrons. The first-order chi connectivity index (χ1) is 28.3. The molecule has 3 heteroatoms. The highest BCUT2D eigenvalue weighted by atomic mass is 16.5. The molecule has 2 N–H and O–H groups in total. The number of ether oxygens (including phenoxy) is 1. The predicted molar refractivity (Wildman–Crippen MR) is 278 cm³/mol. The Bertz CT molecular complexity index is 779. The van der Waals surface area contributed by atoms with Crippen LogP contribution in [-0.4, -0.2) is 34.1 Å². The number of methoxy groups -OCH3 is 1. The Morgan fingerprint density at radius 2 is 0.883 bits per heavy atom. The molecule has 0 spiro atoms. The monoisotopic (exact) mass is 855 g/mol. The van der Waals surface area contributed by atoms with Gasteiger partial charge < -0.3 is 14.9 Å². The van der Waals surface area contributed by atoms with Gasteiger partial charge in [-0.25, -0.2) is 0 Å². The Labute approximate surface area is 383 Å². The van der Waals surface area contributed by atoms with Crippen LogP contribution in [0, 0.1) is 23.7 Å². The molecule has 3 rings (SSSR count). The molecular formula is C57H122O3. The Balaban J connectivity index is -0.000000205. The molecule has 3 fully saturated rings. The van der Waals surface area contributed by atoms with Gasteiger partial charge in [0.2, 0.25) is 0 Å². The van der Waals surface area contributed by atoms with Crippen molar-refractivity contribution in [3.63, 3.8) is 0 Å². The van der Waals surface area contributed by atoms with Crippen molar-refractivity contribution in [2.75, 3.05) is 7.11 Å². The van der Waals surface area contributed by atoms with E-state index in [2.05, 4.69) is 131 Å². The molecule has 0 amide bonds. The van der Waals surface area contributed by atoms with Crippen LogP contribution in [0.15, 0.2) is 11.6 Å². The van der Waals surface area contributed by atoms with E-state index in [0.717, 1.165) is 68.6 Å². The zero-order chi connectivity index (χ0) is 47.3. The van der Waals surface area contributed by atoms with E-state index < -0.39 is 0 Å². The molecule has 0 aromatic carbocycles. The van der Waals surface area contributed by atoms with E-state index in [1.807, 2.05) is 7.11 Å². The Kier molecular flexibility index (Phi) is 55.0. The highest BCUT2D eigenvalue weighted by Gasteiger charge is 2.33. The van der Waals surface area contributed by atoms with Crippen LogP contribution in [0.4, 0.5) is 0 Å². The van der Waals surface area contributed by atoms with Gasteiger partial charge in [-0.15, -0.1) is 0 Å². The SMILES string of the molecule is CC(C)CCC=C1CCCC1.CC(C)CCCC1(O)CCCC1.CCC.CCC.CCC.CCC.CCC(O)(CC)CCCC(C)C.COC1(CCCC(C)C)CCCC1. The maximum atomic E-state index is 10.0. The lowest BCUT2D eigenvalue weighted by molar-refractivity contribution is -0.0136. The smallest absolute Gasteiger partial charge is 0.0678 e. The van der Waals surface area contributed by atoms with E-state index in [-0.39, 0.29) is 16.8 Å². The van der Waals surface area contributed by atoms with Crippen LogP contribution in [0.3, 0.4) is 0 Å². The summed E-state index contributed by atoms with van der Waals surface area (Å²) in [7, 11) is 1.89. The lowest BCUT2D eigenvalue weighted by atomic mass is 9.90. The number of aliphatic hydroxyl groups is 2. The van der Waals surface area contributed by atoms with Crippen molar-refractivity contribution >= 4 is 0 Å². The standard InChI is InChI=1S/C12H24O.C11H22O.C11H24O.C11H20.4C3H8/c1-11(2)7-6-10-12(13-3)8-4-5-9-12;1-10(2)6-5-9-11(12)7-3-4-8-11;1-5-11(12,6-2)9-7-8-10(3)4;1-10(2)6-5-9-11-7-3-4-8-11;4*1-3-2/h11H,4-10H2,1-3H3;10,12H,3-9H2,1-2H3;10,12H,5-9H2,1-4H3;9-10H,3-8H2,1-2H3;4*3H2,1-2H3. The molecule has 0 bridgehead atoms. The summed E-state index contributed by atoms with van der Waals surface area (Å²) in [5.41, 5.74) is 1.35. The van der Waals surface area contributed by atoms with Crippen LogP contribution in [-0.2, 0) is 4.74 Å². The summed E-state index contributed by atoms with van der Waals surface area (Å²) in [5.74, 6) is 3.27. The fourth-order valence-electron chi connectivity index (χ4n) is 7.63. The zero-order valence-electron chi connectivity index (χ0n) is 45.7. The van der Waals surface area contributed by atoms with Crippen molar-refractivity contribution in [1.82, 2.24) is 0 Å². The summed E-state index contributed by atoms with van der Waals surface area (Å²) < 4.78 is 5.68. The third-order valence-electron chi connectivity index (χ3n) is 11.5. The van der Waals surface area contributed by atoms with Gasteiger partial charge in [0.15, 0.2) is 0 Å². The van der Waals surface area contributed by atoms with Gasteiger partial charge in [-0.05, 0) is 120 Å². The summed E-state index contributed by atoms with van der Waals surface area (Å²) in [6.45, 7) is 39.3. The molecule has 0 heterocycles. The second-order valence-corrected chi connectivity index (χ2v) is 20.7. The van der Waals surface area contributed by atoms with E-state index in [1.54, 1.807) is 5.57 Å². The Morgan fingerprint density at radius 3 is 1.23 bits per heavy atom. The molecule has 3 aliphatic carbocycles. The van der Waals surface area contributed by atoms with E-state index in [1.165, 1.54) is 141 Å². The average molecular weight is 856 g/mol. The van der Waals surface area contributed by atoms with Gasteiger partial charge in [0.05, 0.1) is 16.8 Å². The molecule has 0 radical (unpaired) electrons. The minimum atomic E-state index is -0.380. The van der Waals surface area contributed by atoms with Crippen LogP contribution in [0.2, 0.25) is 0 Å². The predicted octanol–water partition coefficient (Wildman–Crippen LogP) is 19.8. The van der Waals surface area contributed by atoms with Crippen molar-refractivity contribution in [2.24, 2.45) is 23.7 Å². The number of hydrogen-bond acceptors (Lipinski definition) is 3. The summed E-state index contributed by atoms with van der Waals surface area (Å²) in [4.78, 5) is 0. The Morgan fingerprint density at radius 1 is 0.533 bits per heavy atom. The van der Waals surface area contributed by atoms with Crippen LogP contribution in [0.5, 0.6) is 0 Å². The molecule has 0 saturated heterocycles. The minimum Gasteiger partial charge on any atom is -0.390 e. The lowest BCUT2D eigenvalue weighted by Crippen LogP contribution is -2.27. The quantitative estimate of drug-likeness (QED) is 0.135. The number of hydrogen-bond donors (Lipinski definition) is 2. The maximum absolute atomic E-state index is 10.0. The summed E-state index contributed by atoms with van der Waals surface area (Å²) in [6, 6.07) is 0. The van der Waals surface area contributed by atoms with E-state index in [9.17, 15) is 10.2 Å². The molecule has 0 atom stereocenters. The van der Waals surface area contributed by atoms with Crippen molar-refractivity contribution in [1.29, 1.82) is 0 Å². The third kappa shape index (κ3) is 50.3. The molecule has 60 heavy (non-hydrogen) atoms. The molecule has 3 nitrogen and oxygen atoms in total. The average Bonchev–Trinajstić information content (AvgIpc) is 3.97. The fraction of sp³-hybridized carbons (Fsp3) is 0.965. The topological polar surface area (TPSA) is 49.7 Å². The van der Waals surface area contributed by atoms with Gasteiger partial charge in [-0.2, -0.15) is 0 Å². The first-order valence-corrected chi connectivity index (χ1v) is 27.0. The Hall–Kier alpha value is -0.380. The molecule has 3 saturated carbocycles. The number of allylic oxidation sites excluding steroid dienone is 2. The second-order valence-electron chi connectivity index (χ2n) is 20.7. The molecule has 0 aromatic rings. The fourth-order valence-corrected chi connectivity index (χ4v) is 7.63. The summed E-state index contributed by atoms with van der Waals surface area (Å²) in [6.07, 6.45) is 38.3. The first-order valence-electron chi connectivity index (χ1n) is 27.0. The van der Waals surface area contributed by atoms with Gasteiger partial charge in [-0.1, -0.05) is 226 Å². The largest absolute Gasteiger partial charge is 0.390 e. The molecule has 3 aliphatic rings. The second kappa shape index (κ2) is 48.1. The van der Waals surface area contributed by atoms with Crippen molar-refractivity contribution in [2.45, 2.75) is 328 Å². The first kappa shape index (κ1) is 68.7. The zero-order valence-corrected chi connectivity index (χ0v) is 45.7. The summed E-state index contributed by atoms with van der Waals surface area (Å²) in [5, 5.41) is 19.9. The van der Waals surface area contributed by atoms with Crippen molar-refractivity contribution in [3.8, 4) is 0 Å². The van der Waals surface area contributed by atoms with E-state index in [4.69, 9.17) is 4.74 Å². The normalized spacial score (nSPS) is 16.0. The molecule has 0 unspecified atom stereocenters. The van der Waals surface area contributed by atoms with E-state index in [0.29, 0.717) is 0 Å². The highest BCUT2D eigenvalue weighted by molar-refractivity contribution is 5.05. The van der Waals surface area contributed by atoms with Crippen LogP contribution >= 0.6 is 0 Å². The van der Waals surface area contributed by atoms with Crippen molar-refractivity contribution in [3.05, 3.63) is 11.6 Å². The lowest BCUT2D eigenvalue weighted by Gasteiger charge is -2.27. The maximum Gasteiger partial charge on any atom is 0.0678 e.